The number of rotatable bonds is 7. The minimum Gasteiger partial charge on any atom is -0.399 e. The van der Waals surface area contributed by atoms with Gasteiger partial charge in [-0.1, -0.05) is 53.7 Å². The second kappa shape index (κ2) is 10.7. The second-order valence-corrected chi connectivity index (χ2v) is 7.98. The van der Waals surface area contributed by atoms with E-state index in [1.54, 1.807) is 36.7 Å². The molecule has 2 heterocycles. The van der Waals surface area contributed by atoms with Crippen LogP contribution in [0.2, 0.25) is 0 Å². The first-order valence-electron chi connectivity index (χ1n) is 11.0. The van der Waals surface area contributed by atoms with Gasteiger partial charge in [-0.2, -0.15) is 0 Å². The van der Waals surface area contributed by atoms with Crippen molar-refractivity contribution in [3.8, 4) is 11.1 Å². The van der Waals surface area contributed by atoms with Crippen LogP contribution in [0, 0.1) is 0 Å². The van der Waals surface area contributed by atoms with E-state index >= 15 is 0 Å². The zero-order chi connectivity index (χ0) is 23.9. The fraction of sp³-hybridized carbons (Fsp3) is 0.231. The zero-order valence-electron chi connectivity index (χ0n) is 18.8. The summed E-state index contributed by atoms with van der Waals surface area (Å²) in [5.41, 5.74) is 3.67. The standard InChI is InChI=1S/C26H26N4O4/c1-34-29-22-14-23(25(32)28-16-24(31)19-6-3-2-4-7-19)30(17-22)26(33)20-11-9-18(10-12-20)21-8-5-13-27-15-21/h2-13,15,23-24,31H,14,16-17H2,1H3,(H,28,32)/b29-22-/t23-,24+/m0/s1. The third-order valence-corrected chi connectivity index (χ3v) is 5.72. The molecule has 0 spiro atoms. The minimum atomic E-state index is -0.845. The van der Waals surface area contributed by atoms with E-state index < -0.39 is 12.1 Å². The monoisotopic (exact) mass is 458 g/mol. The maximum Gasteiger partial charge on any atom is 0.254 e. The topological polar surface area (TPSA) is 104 Å². The molecule has 1 aliphatic rings. The average Bonchev–Trinajstić information content (AvgIpc) is 3.32. The fourth-order valence-corrected chi connectivity index (χ4v) is 3.96. The van der Waals surface area contributed by atoms with Gasteiger partial charge in [-0.05, 0) is 34.9 Å². The maximum absolute atomic E-state index is 13.3. The van der Waals surface area contributed by atoms with E-state index in [1.807, 2.05) is 42.5 Å². The normalized spacial score (nSPS) is 17.4. The third kappa shape index (κ3) is 5.29. The van der Waals surface area contributed by atoms with E-state index in [0.717, 1.165) is 11.1 Å². The number of oxime groups is 1. The Labute approximate surface area is 197 Å². The molecular weight excluding hydrogens is 432 g/mol. The number of carbonyl (C=O) groups excluding carboxylic acids is 2. The zero-order valence-corrected chi connectivity index (χ0v) is 18.8. The molecule has 0 aliphatic carbocycles. The van der Waals surface area contributed by atoms with Crippen LogP contribution in [0.25, 0.3) is 11.1 Å². The van der Waals surface area contributed by atoms with Crippen molar-refractivity contribution in [3.05, 3.63) is 90.3 Å². The average molecular weight is 459 g/mol. The van der Waals surface area contributed by atoms with Crippen LogP contribution in [-0.2, 0) is 9.63 Å². The Morgan fingerprint density at radius 3 is 2.56 bits per heavy atom. The van der Waals surface area contributed by atoms with Crippen molar-refractivity contribution in [2.24, 2.45) is 5.16 Å². The van der Waals surface area contributed by atoms with Crippen molar-refractivity contribution in [3.63, 3.8) is 0 Å². The molecule has 0 bridgehead atoms. The molecule has 8 heteroatoms. The van der Waals surface area contributed by atoms with Gasteiger partial charge < -0.3 is 20.2 Å². The van der Waals surface area contributed by atoms with Crippen molar-refractivity contribution < 1.29 is 19.5 Å². The highest BCUT2D eigenvalue weighted by atomic mass is 16.6. The number of benzene rings is 2. The van der Waals surface area contributed by atoms with Crippen LogP contribution in [0.3, 0.4) is 0 Å². The first kappa shape index (κ1) is 23.1. The molecule has 0 radical (unpaired) electrons. The summed E-state index contributed by atoms with van der Waals surface area (Å²) in [4.78, 5) is 36.8. The van der Waals surface area contributed by atoms with Gasteiger partial charge in [0.15, 0.2) is 0 Å². The van der Waals surface area contributed by atoms with Gasteiger partial charge in [0, 0.05) is 30.9 Å². The van der Waals surface area contributed by atoms with Crippen LogP contribution in [0.5, 0.6) is 0 Å². The van der Waals surface area contributed by atoms with Crippen molar-refractivity contribution in [1.82, 2.24) is 15.2 Å². The number of nitrogens with zero attached hydrogens (tertiary/aromatic N) is 3. The highest BCUT2D eigenvalue weighted by molar-refractivity contribution is 6.05. The van der Waals surface area contributed by atoms with Gasteiger partial charge in [-0.25, -0.2) is 0 Å². The van der Waals surface area contributed by atoms with E-state index in [4.69, 9.17) is 4.84 Å². The first-order chi connectivity index (χ1) is 16.6. The minimum absolute atomic E-state index is 0.0396. The number of aromatic nitrogens is 1. The fourth-order valence-electron chi connectivity index (χ4n) is 3.96. The van der Waals surface area contributed by atoms with Gasteiger partial charge in [0.2, 0.25) is 5.91 Å². The molecule has 0 unspecified atom stereocenters. The Hall–Kier alpha value is -4.04. The maximum atomic E-state index is 13.3. The Morgan fingerprint density at radius 1 is 1.12 bits per heavy atom. The van der Waals surface area contributed by atoms with Crippen LogP contribution in [0.15, 0.2) is 84.3 Å². The summed E-state index contributed by atoms with van der Waals surface area (Å²) in [5, 5.41) is 17.1. The number of carbonyl (C=O) groups is 2. The molecule has 2 amide bonds. The Kier molecular flexibility index (Phi) is 7.29. The van der Waals surface area contributed by atoms with E-state index in [-0.39, 0.29) is 31.3 Å². The lowest BCUT2D eigenvalue weighted by Crippen LogP contribution is -2.46. The molecule has 34 heavy (non-hydrogen) atoms. The third-order valence-electron chi connectivity index (χ3n) is 5.72. The summed E-state index contributed by atoms with van der Waals surface area (Å²) >= 11 is 0. The Balaban J connectivity index is 1.47. The highest BCUT2D eigenvalue weighted by Gasteiger charge is 2.38. The number of likely N-dealkylation sites (tertiary alicyclic amines) is 1. The number of nitrogens with one attached hydrogen (secondary N) is 1. The number of aliphatic hydroxyl groups excluding tert-OH is 1. The molecule has 0 saturated carbocycles. The van der Waals surface area contributed by atoms with E-state index in [0.29, 0.717) is 16.8 Å². The van der Waals surface area contributed by atoms with Crippen LogP contribution >= 0.6 is 0 Å². The predicted molar refractivity (Wildman–Crippen MR) is 128 cm³/mol. The molecule has 8 nitrogen and oxygen atoms in total. The van der Waals surface area contributed by atoms with Crippen molar-refractivity contribution in [2.75, 3.05) is 20.2 Å². The highest BCUT2D eigenvalue weighted by Crippen LogP contribution is 2.23. The lowest BCUT2D eigenvalue weighted by molar-refractivity contribution is -0.125. The summed E-state index contributed by atoms with van der Waals surface area (Å²) in [7, 11) is 1.43. The summed E-state index contributed by atoms with van der Waals surface area (Å²) in [5.74, 6) is -0.626. The van der Waals surface area contributed by atoms with Gasteiger partial charge in [0.05, 0.1) is 18.4 Å². The van der Waals surface area contributed by atoms with Gasteiger partial charge >= 0.3 is 0 Å². The van der Waals surface area contributed by atoms with Gasteiger partial charge in [0.25, 0.3) is 5.91 Å². The Morgan fingerprint density at radius 2 is 1.88 bits per heavy atom. The van der Waals surface area contributed by atoms with Crippen LogP contribution in [0.4, 0.5) is 0 Å². The molecular formula is C26H26N4O4. The number of amides is 2. The molecule has 1 fully saturated rings. The summed E-state index contributed by atoms with van der Waals surface area (Å²) in [6, 6.07) is 19.3. The first-order valence-corrected chi connectivity index (χ1v) is 11.0. The lowest BCUT2D eigenvalue weighted by atomic mass is 10.0. The summed E-state index contributed by atoms with van der Waals surface area (Å²) in [6.45, 7) is 0.230. The van der Waals surface area contributed by atoms with Crippen molar-refractivity contribution in [2.45, 2.75) is 18.6 Å². The van der Waals surface area contributed by atoms with Gasteiger partial charge in [-0.15, -0.1) is 0 Å². The van der Waals surface area contributed by atoms with Crippen LogP contribution < -0.4 is 5.32 Å². The largest absolute Gasteiger partial charge is 0.399 e. The lowest BCUT2D eigenvalue weighted by Gasteiger charge is -2.24. The van der Waals surface area contributed by atoms with Crippen molar-refractivity contribution in [1.29, 1.82) is 0 Å². The van der Waals surface area contributed by atoms with E-state index in [2.05, 4.69) is 15.5 Å². The summed E-state index contributed by atoms with van der Waals surface area (Å²) in [6.07, 6.45) is 2.89. The number of aliphatic hydroxyl groups is 1. The molecule has 4 rings (SSSR count). The molecule has 2 aromatic carbocycles. The smallest absolute Gasteiger partial charge is 0.254 e. The van der Waals surface area contributed by atoms with E-state index in [1.165, 1.54) is 12.0 Å². The van der Waals surface area contributed by atoms with Crippen LogP contribution in [-0.4, -0.2) is 58.8 Å². The summed E-state index contributed by atoms with van der Waals surface area (Å²) < 4.78 is 0. The second-order valence-electron chi connectivity index (χ2n) is 7.98. The molecule has 1 saturated heterocycles. The molecule has 3 aromatic rings. The van der Waals surface area contributed by atoms with Crippen molar-refractivity contribution >= 4 is 17.5 Å². The van der Waals surface area contributed by atoms with Gasteiger partial charge in [-0.3, -0.25) is 14.6 Å². The quantitative estimate of drug-likeness (QED) is 0.530. The van der Waals surface area contributed by atoms with E-state index in [9.17, 15) is 14.7 Å². The number of hydrogen-bond acceptors (Lipinski definition) is 6. The molecule has 1 aromatic heterocycles. The predicted octanol–water partition coefficient (Wildman–Crippen LogP) is 2.82. The molecule has 174 valence electrons. The number of pyridine rings is 1. The molecule has 2 N–H and O–H groups in total. The van der Waals surface area contributed by atoms with Gasteiger partial charge in [0.1, 0.15) is 13.2 Å². The SMILES string of the molecule is CO/N=C1/C[C@@H](C(=O)NC[C@@H](O)c2ccccc2)N(C(=O)c2ccc(-c3cccnc3)cc2)C1. The Bertz CT molecular complexity index is 1150. The molecule has 1 aliphatic heterocycles. The van der Waals surface area contributed by atoms with Crippen LogP contribution in [0.1, 0.15) is 28.4 Å². The molecule has 2 atom stereocenters. The number of hydrogen-bond donors (Lipinski definition) is 2.